The number of rotatable bonds is 6. The van der Waals surface area contributed by atoms with Crippen LogP contribution in [0.5, 0.6) is 5.75 Å². The Morgan fingerprint density at radius 1 is 1.17 bits per heavy atom. The Labute approximate surface area is 173 Å². The van der Waals surface area contributed by atoms with Crippen molar-refractivity contribution in [3.63, 3.8) is 0 Å². The van der Waals surface area contributed by atoms with E-state index in [0.717, 1.165) is 35.7 Å². The highest BCUT2D eigenvalue weighted by atomic mass is 32.2. The third-order valence-electron chi connectivity index (χ3n) is 4.75. The summed E-state index contributed by atoms with van der Waals surface area (Å²) >= 11 is 1.43. The van der Waals surface area contributed by atoms with Crippen molar-refractivity contribution in [2.75, 3.05) is 17.9 Å². The van der Waals surface area contributed by atoms with Crippen molar-refractivity contribution >= 4 is 23.4 Å². The van der Waals surface area contributed by atoms with Crippen LogP contribution in [0.2, 0.25) is 0 Å². The molecule has 3 aromatic rings. The van der Waals surface area contributed by atoms with Crippen LogP contribution >= 0.6 is 11.8 Å². The van der Waals surface area contributed by atoms with Crippen LogP contribution in [0.4, 0.5) is 5.69 Å². The Morgan fingerprint density at radius 2 is 1.93 bits per heavy atom. The highest BCUT2D eigenvalue weighted by molar-refractivity contribution is 8.00. The lowest BCUT2D eigenvalue weighted by Crippen LogP contribution is -2.41. The Morgan fingerprint density at radius 3 is 2.62 bits per heavy atom. The van der Waals surface area contributed by atoms with Crippen LogP contribution in [-0.2, 0) is 11.2 Å². The normalized spacial score (nSPS) is 17.9. The third kappa shape index (κ3) is 4.07. The van der Waals surface area contributed by atoms with Crippen molar-refractivity contribution in [2.45, 2.75) is 36.2 Å². The molecule has 0 aliphatic carbocycles. The van der Waals surface area contributed by atoms with Gasteiger partial charge >= 0.3 is 0 Å². The first kappa shape index (κ1) is 19.3. The maximum Gasteiger partial charge on any atom is 0.240 e. The van der Waals surface area contributed by atoms with Gasteiger partial charge in [-0.05, 0) is 36.2 Å². The minimum atomic E-state index is -0.398. The SMILES string of the molecule is CCCc1nnc2n1N[C@H](c1ccccc1)[C@@H](C(=O)Nc1ccc(OC)cc1)S2. The number of anilines is 1. The molecule has 1 aliphatic rings. The topological polar surface area (TPSA) is 81.1 Å². The van der Waals surface area contributed by atoms with Gasteiger partial charge in [-0.15, -0.1) is 10.2 Å². The quantitative estimate of drug-likeness (QED) is 0.647. The largest absolute Gasteiger partial charge is 0.497 e. The second-order valence-electron chi connectivity index (χ2n) is 6.76. The number of benzene rings is 2. The van der Waals surface area contributed by atoms with Crippen molar-refractivity contribution in [3.8, 4) is 5.75 Å². The van der Waals surface area contributed by atoms with E-state index in [0.29, 0.717) is 5.16 Å². The van der Waals surface area contributed by atoms with Gasteiger partial charge in [0, 0.05) is 12.1 Å². The first-order valence-electron chi connectivity index (χ1n) is 9.57. The zero-order valence-corrected chi connectivity index (χ0v) is 17.1. The smallest absolute Gasteiger partial charge is 0.240 e. The second-order valence-corrected chi connectivity index (χ2v) is 7.87. The molecule has 0 spiro atoms. The van der Waals surface area contributed by atoms with E-state index in [4.69, 9.17) is 4.74 Å². The molecule has 2 N–H and O–H groups in total. The summed E-state index contributed by atoms with van der Waals surface area (Å²) in [5.41, 5.74) is 5.23. The lowest BCUT2D eigenvalue weighted by atomic mass is 10.0. The molecule has 8 heteroatoms. The molecule has 150 valence electrons. The van der Waals surface area contributed by atoms with E-state index in [1.807, 2.05) is 59.3 Å². The van der Waals surface area contributed by atoms with Crippen molar-refractivity contribution in [1.29, 1.82) is 0 Å². The molecule has 7 nitrogen and oxygen atoms in total. The van der Waals surface area contributed by atoms with Gasteiger partial charge in [-0.2, -0.15) is 0 Å². The predicted octanol–water partition coefficient (Wildman–Crippen LogP) is 3.64. The summed E-state index contributed by atoms with van der Waals surface area (Å²) < 4.78 is 7.10. The Kier molecular flexibility index (Phi) is 5.71. The van der Waals surface area contributed by atoms with Crippen molar-refractivity contribution in [1.82, 2.24) is 14.9 Å². The third-order valence-corrected chi connectivity index (χ3v) is 5.97. The van der Waals surface area contributed by atoms with E-state index in [1.54, 1.807) is 7.11 Å². The Bertz CT molecular complexity index is 974. The maximum absolute atomic E-state index is 13.2. The number of hydrogen-bond acceptors (Lipinski definition) is 6. The minimum absolute atomic E-state index is 0.0900. The van der Waals surface area contributed by atoms with Gasteiger partial charge in [-0.25, -0.2) is 4.68 Å². The van der Waals surface area contributed by atoms with Crippen molar-refractivity contribution < 1.29 is 9.53 Å². The second kappa shape index (κ2) is 8.57. The first-order chi connectivity index (χ1) is 14.2. The summed E-state index contributed by atoms with van der Waals surface area (Å²) in [7, 11) is 1.62. The number of methoxy groups -OCH3 is 1. The molecule has 1 amide bonds. The Balaban J connectivity index is 1.62. The van der Waals surface area contributed by atoms with E-state index in [2.05, 4.69) is 27.9 Å². The maximum atomic E-state index is 13.2. The number of ether oxygens (including phenoxy) is 1. The van der Waals surface area contributed by atoms with Crippen molar-refractivity contribution in [2.24, 2.45) is 0 Å². The van der Waals surface area contributed by atoms with Gasteiger partial charge in [0.15, 0.2) is 5.82 Å². The van der Waals surface area contributed by atoms with Crippen molar-refractivity contribution in [3.05, 3.63) is 66.0 Å². The summed E-state index contributed by atoms with van der Waals surface area (Å²) in [5, 5.41) is 11.9. The number of nitrogens with one attached hydrogen (secondary N) is 2. The predicted molar refractivity (Wildman–Crippen MR) is 114 cm³/mol. The summed E-state index contributed by atoms with van der Waals surface area (Å²) in [4.78, 5) is 13.2. The fourth-order valence-electron chi connectivity index (χ4n) is 3.28. The molecular weight excluding hydrogens is 386 g/mol. The van der Waals surface area contributed by atoms with Crippen LogP contribution in [0.25, 0.3) is 0 Å². The van der Waals surface area contributed by atoms with Crippen LogP contribution in [0.15, 0.2) is 59.8 Å². The molecule has 2 atom stereocenters. The number of hydrogen-bond donors (Lipinski definition) is 2. The van der Waals surface area contributed by atoms with Gasteiger partial charge in [0.2, 0.25) is 11.1 Å². The molecule has 2 heterocycles. The molecule has 0 bridgehead atoms. The molecule has 4 rings (SSSR count). The van der Waals surface area contributed by atoms with Gasteiger partial charge in [-0.3, -0.25) is 4.79 Å². The monoisotopic (exact) mass is 409 g/mol. The fraction of sp³-hybridized carbons (Fsp3) is 0.286. The summed E-state index contributed by atoms with van der Waals surface area (Å²) in [5.74, 6) is 1.54. The number of nitrogens with zero attached hydrogens (tertiary/aromatic N) is 3. The summed E-state index contributed by atoms with van der Waals surface area (Å²) in [6.07, 6.45) is 1.80. The average Bonchev–Trinajstić information content (AvgIpc) is 3.16. The zero-order chi connectivity index (χ0) is 20.2. The van der Waals surface area contributed by atoms with Gasteiger partial charge in [0.25, 0.3) is 0 Å². The van der Waals surface area contributed by atoms with E-state index in [1.165, 1.54) is 11.8 Å². The molecule has 0 saturated heterocycles. The molecule has 0 unspecified atom stereocenters. The number of thioether (sulfide) groups is 1. The highest BCUT2D eigenvalue weighted by Gasteiger charge is 2.37. The number of aromatic nitrogens is 3. The summed E-state index contributed by atoms with van der Waals surface area (Å²) in [6, 6.07) is 17.1. The van der Waals surface area contributed by atoms with E-state index < -0.39 is 5.25 Å². The zero-order valence-electron chi connectivity index (χ0n) is 16.3. The molecule has 1 aromatic heterocycles. The van der Waals surface area contributed by atoms with Crippen LogP contribution in [0, 0.1) is 0 Å². The number of aryl methyl sites for hydroxylation is 1. The molecular formula is C21H23N5O2S. The van der Waals surface area contributed by atoms with Crippen LogP contribution in [0.3, 0.4) is 0 Å². The van der Waals surface area contributed by atoms with Gasteiger partial charge in [-0.1, -0.05) is 49.0 Å². The first-order valence-corrected chi connectivity index (χ1v) is 10.4. The number of fused-ring (bicyclic) bond motifs is 1. The summed E-state index contributed by atoms with van der Waals surface area (Å²) in [6.45, 7) is 2.11. The van der Waals surface area contributed by atoms with Gasteiger partial charge in [0.05, 0.1) is 13.2 Å². The average molecular weight is 410 g/mol. The Hall–Kier alpha value is -3.00. The molecule has 1 aliphatic heterocycles. The van der Waals surface area contributed by atoms with Crippen LogP contribution < -0.4 is 15.5 Å². The molecule has 0 fully saturated rings. The highest BCUT2D eigenvalue weighted by Crippen LogP contribution is 2.37. The standard InChI is InChI=1S/C21H23N5O2S/c1-3-7-17-23-24-21-26(17)25-18(14-8-5-4-6-9-14)19(29-21)20(27)22-15-10-12-16(28-2)13-11-15/h4-6,8-13,18-19,25H,3,7H2,1-2H3,(H,22,27)/t18-,19+/m1/s1. The molecule has 2 aromatic carbocycles. The fourth-order valence-corrected chi connectivity index (χ4v) is 4.38. The number of carbonyl (C=O) groups excluding carboxylic acids is 1. The van der Waals surface area contributed by atoms with E-state index in [-0.39, 0.29) is 11.9 Å². The number of amides is 1. The van der Waals surface area contributed by atoms with Gasteiger partial charge in [0.1, 0.15) is 11.0 Å². The molecule has 0 saturated carbocycles. The van der Waals surface area contributed by atoms with Crippen LogP contribution in [0.1, 0.15) is 30.8 Å². The van der Waals surface area contributed by atoms with Crippen LogP contribution in [-0.4, -0.2) is 33.1 Å². The van der Waals surface area contributed by atoms with E-state index in [9.17, 15) is 4.79 Å². The lowest BCUT2D eigenvalue weighted by molar-refractivity contribution is -0.116. The van der Waals surface area contributed by atoms with Gasteiger partial charge < -0.3 is 15.5 Å². The molecule has 0 radical (unpaired) electrons. The molecule has 29 heavy (non-hydrogen) atoms. The number of carbonyl (C=O) groups is 1. The minimum Gasteiger partial charge on any atom is -0.497 e. The van der Waals surface area contributed by atoms with E-state index >= 15 is 0 Å². The lowest BCUT2D eigenvalue weighted by Gasteiger charge is -2.33.